The van der Waals surface area contributed by atoms with E-state index >= 15 is 0 Å². The van der Waals surface area contributed by atoms with E-state index in [0.29, 0.717) is 12.2 Å². The number of hydrogen-bond acceptors (Lipinski definition) is 5. The quantitative estimate of drug-likeness (QED) is 0.784. The molecule has 0 unspecified atom stereocenters. The highest BCUT2D eigenvalue weighted by Gasteiger charge is 2.33. The Balaban J connectivity index is 1.76. The summed E-state index contributed by atoms with van der Waals surface area (Å²) in [5.74, 6) is -0.916. The van der Waals surface area contributed by atoms with Gasteiger partial charge in [0, 0.05) is 17.4 Å². The highest BCUT2D eigenvalue weighted by atomic mass is 32.2. The molecule has 0 spiro atoms. The van der Waals surface area contributed by atoms with Crippen LogP contribution in [0.15, 0.2) is 36.4 Å². The van der Waals surface area contributed by atoms with E-state index in [-0.39, 0.29) is 22.0 Å². The summed E-state index contributed by atoms with van der Waals surface area (Å²) in [5, 5.41) is 7.31. The topological polar surface area (TPSA) is 93.2 Å². The maximum Gasteiger partial charge on any atom is 0.271 e. The van der Waals surface area contributed by atoms with Crippen LogP contribution < -0.4 is 11.1 Å². The van der Waals surface area contributed by atoms with E-state index in [1.807, 2.05) is 30.3 Å². The minimum absolute atomic E-state index is 0.0384. The number of primary amides is 1. The maximum atomic E-state index is 12.7. The van der Waals surface area contributed by atoms with Crippen LogP contribution in [0.5, 0.6) is 0 Å². The average Bonchev–Trinajstić information content (AvgIpc) is 3.14. The van der Waals surface area contributed by atoms with Gasteiger partial charge in [0.2, 0.25) is 0 Å². The third-order valence-corrected chi connectivity index (χ3v) is 6.52. The Kier molecular flexibility index (Phi) is 5.86. The number of carbonyl (C=O) groups excluding carboxylic acids is 2. The van der Waals surface area contributed by atoms with Crippen LogP contribution in [-0.4, -0.2) is 64.2 Å². The zero-order valence-corrected chi connectivity index (χ0v) is 16.5. The molecule has 3 N–H and O–H groups in total. The summed E-state index contributed by atoms with van der Waals surface area (Å²) < 4.78 is 1.45. The van der Waals surface area contributed by atoms with E-state index in [1.165, 1.54) is 10.7 Å². The van der Waals surface area contributed by atoms with Crippen molar-refractivity contribution in [1.82, 2.24) is 20.0 Å². The molecule has 1 aromatic heterocycles. The molecule has 0 aliphatic carbocycles. The lowest BCUT2D eigenvalue weighted by Crippen LogP contribution is -2.47. The molecule has 2 heterocycles. The molecular weight excluding hydrogens is 362 g/mol. The second-order valence-electron chi connectivity index (χ2n) is 6.90. The van der Waals surface area contributed by atoms with Crippen molar-refractivity contribution >= 4 is 23.6 Å². The van der Waals surface area contributed by atoms with Crippen LogP contribution in [0, 0.1) is 0 Å². The summed E-state index contributed by atoms with van der Waals surface area (Å²) >= 11 is 1.80. The standard InChI is InChI=1S/C19H25N5O2S/c1-23-10-8-19(27-2,9-11-23)13-21-18(26)15-12-16(17(20)25)24(22-15)14-6-4-3-5-7-14/h3-7,12H,8-11,13H2,1-2H3,(H2,20,25)(H,21,26). The summed E-state index contributed by atoms with van der Waals surface area (Å²) in [6.45, 7) is 2.61. The number of nitrogens with one attached hydrogen (secondary N) is 1. The molecule has 7 nitrogen and oxygen atoms in total. The minimum Gasteiger partial charge on any atom is -0.364 e. The summed E-state index contributed by atoms with van der Waals surface area (Å²) in [6, 6.07) is 10.6. The van der Waals surface area contributed by atoms with Crippen molar-refractivity contribution in [1.29, 1.82) is 0 Å². The Morgan fingerprint density at radius 1 is 1.26 bits per heavy atom. The first-order chi connectivity index (χ1) is 12.9. The molecule has 0 bridgehead atoms. The largest absolute Gasteiger partial charge is 0.364 e. The van der Waals surface area contributed by atoms with Gasteiger partial charge in [-0.2, -0.15) is 16.9 Å². The first-order valence-electron chi connectivity index (χ1n) is 8.91. The summed E-state index contributed by atoms with van der Waals surface area (Å²) in [6.07, 6.45) is 4.14. The maximum absolute atomic E-state index is 12.7. The van der Waals surface area contributed by atoms with Gasteiger partial charge in [0.1, 0.15) is 5.69 Å². The van der Waals surface area contributed by atoms with Gasteiger partial charge in [-0.3, -0.25) is 9.59 Å². The van der Waals surface area contributed by atoms with Gasteiger partial charge in [0.15, 0.2) is 5.69 Å². The van der Waals surface area contributed by atoms with Crippen molar-refractivity contribution in [3.05, 3.63) is 47.8 Å². The first-order valence-corrected chi connectivity index (χ1v) is 10.1. The van der Waals surface area contributed by atoms with Gasteiger partial charge >= 0.3 is 0 Å². The van der Waals surface area contributed by atoms with Crippen molar-refractivity contribution in [3.63, 3.8) is 0 Å². The fraction of sp³-hybridized carbons (Fsp3) is 0.421. The molecule has 1 fully saturated rings. The summed E-state index contributed by atoms with van der Waals surface area (Å²) in [4.78, 5) is 26.8. The SMILES string of the molecule is CSC1(CNC(=O)c2cc(C(N)=O)n(-c3ccccc3)n2)CCN(C)CC1. The van der Waals surface area contributed by atoms with E-state index in [0.717, 1.165) is 25.9 Å². The van der Waals surface area contributed by atoms with Crippen molar-refractivity contribution in [2.45, 2.75) is 17.6 Å². The van der Waals surface area contributed by atoms with E-state index in [2.05, 4.69) is 28.6 Å². The molecule has 8 heteroatoms. The van der Waals surface area contributed by atoms with Gasteiger partial charge in [-0.1, -0.05) is 18.2 Å². The van der Waals surface area contributed by atoms with Gasteiger partial charge in [-0.15, -0.1) is 0 Å². The first kappa shape index (κ1) is 19.4. The van der Waals surface area contributed by atoms with Gasteiger partial charge in [0.05, 0.1) is 5.69 Å². The number of rotatable bonds is 6. The molecule has 3 rings (SSSR count). The Hall–Kier alpha value is -2.32. The average molecular weight is 388 g/mol. The van der Waals surface area contributed by atoms with Crippen LogP contribution >= 0.6 is 11.8 Å². The number of amides is 2. The Morgan fingerprint density at radius 2 is 1.93 bits per heavy atom. The zero-order chi connectivity index (χ0) is 19.4. The molecule has 1 saturated heterocycles. The fourth-order valence-electron chi connectivity index (χ4n) is 3.24. The molecule has 2 aromatic rings. The monoisotopic (exact) mass is 387 g/mol. The lowest BCUT2D eigenvalue weighted by atomic mass is 9.96. The fourth-order valence-corrected chi connectivity index (χ4v) is 4.05. The summed E-state index contributed by atoms with van der Waals surface area (Å²) in [5.41, 5.74) is 6.53. The van der Waals surface area contributed by atoms with Crippen LogP contribution in [0.4, 0.5) is 0 Å². The molecule has 1 aromatic carbocycles. The lowest BCUT2D eigenvalue weighted by Gasteiger charge is -2.39. The third kappa shape index (κ3) is 4.33. The molecule has 2 amide bonds. The smallest absolute Gasteiger partial charge is 0.271 e. The Labute approximate surface area is 163 Å². The predicted molar refractivity (Wildman–Crippen MR) is 107 cm³/mol. The molecule has 0 atom stereocenters. The molecule has 0 radical (unpaired) electrons. The highest BCUT2D eigenvalue weighted by molar-refractivity contribution is 8.00. The Bertz CT molecular complexity index is 813. The van der Waals surface area contributed by atoms with Crippen molar-refractivity contribution in [3.8, 4) is 5.69 Å². The Morgan fingerprint density at radius 3 is 2.52 bits per heavy atom. The van der Waals surface area contributed by atoms with Crippen LogP contribution in [0.1, 0.15) is 33.8 Å². The molecule has 144 valence electrons. The van der Waals surface area contributed by atoms with Crippen molar-refractivity contribution in [2.75, 3.05) is 32.9 Å². The van der Waals surface area contributed by atoms with Crippen LogP contribution in [0.25, 0.3) is 5.69 Å². The molecule has 1 aliphatic rings. The zero-order valence-electron chi connectivity index (χ0n) is 15.6. The second kappa shape index (κ2) is 8.14. The minimum atomic E-state index is -0.624. The van der Waals surface area contributed by atoms with Gasteiger partial charge in [-0.05, 0) is 51.4 Å². The molecule has 1 aliphatic heterocycles. The number of carbonyl (C=O) groups is 2. The van der Waals surface area contributed by atoms with Crippen molar-refractivity contribution < 1.29 is 9.59 Å². The van der Waals surface area contributed by atoms with E-state index in [4.69, 9.17) is 5.73 Å². The number of nitrogens with two attached hydrogens (primary N) is 1. The number of likely N-dealkylation sites (tertiary alicyclic amines) is 1. The van der Waals surface area contributed by atoms with Crippen molar-refractivity contribution in [2.24, 2.45) is 5.73 Å². The number of thioether (sulfide) groups is 1. The van der Waals surface area contributed by atoms with E-state index in [9.17, 15) is 9.59 Å². The van der Waals surface area contributed by atoms with Gasteiger partial charge in [0.25, 0.3) is 11.8 Å². The highest BCUT2D eigenvalue weighted by Crippen LogP contribution is 2.33. The van der Waals surface area contributed by atoms with Gasteiger partial charge < -0.3 is 16.0 Å². The lowest BCUT2D eigenvalue weighted by molar-refractivity contribution is 0.0937. The van der Waals surface area contributed by atoms with Gasteiger partial charge in [-0.25, -0.2) is 4.68 Å². The number of benzene rings is 1. The predicted octanol–water partition coefficient (Wildman–Crippen LogP) is 1.53. The number of piperidine rings is 1. The number of aromatic nitrogens is 2. The molecule has 27 heavy (non-hydrogen) atoms. The molecular formula is C19H25N5O2S. The molecule has 0 saturated carbocycles. The van der Waals surface area contributed by atoms with Crippen LogP contribution in [-0.2, 0) is 0 Å². The van der Waals surface area contributed by atoms with Crippen LogP contribution in [0.2, 0.25) is 0 Å². The normalized spacial score (nSPS) is 16.8. The number of nitrogens with zero attached hydrogens (tertiary/aromatic N) is 3. The van der Waals surface area contributed by atoms with E-state index < -0.39 is 5.91 Å². The number of para-hydroxylation sites is 1. The summed E-state index contributed by atoms with van der Waals surface area (Å²) in [7, 11) is 2.12. The van der Waals surface area contributed by atoms with E-state index in [1.54, 1.807) is 11.8 Å². The third-order valence-electron chi connectivity index (χ3n) is 5.10. The van der Waals surface area contributed by atoms with Crippen LogP contribution in [0.3, 0.4) is 0 Å². The second-order valence-corrected chi connectivity index (χ2v) is 8.17. The number of hydrogen-bond donors (Lipinski definition) is 2.